The summed E-state index contributed by atoms with van der Waals surface area (Å²) in [4.78, 5) is 10.4. The van der Waals surface area contributed by atoms with Crippen molar-refractivity contribution in [3.8, 4) is 11.5 Å². The molecule has 0 saturated carbocycles. The van der Waals surface area contributed by atoms with Gasteiger partial charge >= 0.3 is 5.69 Å². The Bertz CT molecular complexity index is 989. The number of hydrogen-bond donors (Lipinski definition) is 0. The van der Waals surface area contributed by atoms with Crippen LogP contribution < -0.4 is 4.74 Å². The van der Waals surface area contributed by atoms with E-state index in [4.69, 9.17) is 4.74 Å². The molecule has 0 unspecified atom stereocenters. The summed E-state index contributed by atoms with van der Waals surface area (Å²) in [5.41, 5.74) is -0.583. The van der Waals surface area contributed by atoms with Crippen LogP contribution in [-0.4, -0.2) is 30.7 Å². The number of nitro groups is 1. The van der Waals surface area contributed by atoms with E-state index >= 15 is 0 Å². The van der Waals surface area contributed by atoms with Crippen molar-refractivity contribution in [1.29, 1.82) is 0 Å². The van der Waals surface area contributed by atoms with Gasteiger partial charge in [-0.15, -0.1) is 0 Å². The summed E-state index contributed by atoms with van der Waals surface area (Å²) in [6.45, 7) is 0.729. The van der Waals surface area contributed by atoms with Crippen molar-refractivity contribution in [3.05, 3.63) is 58.1 Å². The first-order valence-corrected chi connectivity index (χ1v) is 10.1. The molecule has 150 valence electrons. The van der Waals surface area contributed by atoms with E-state index in [-0.39, 0.29) is 16.4 Å². The molecule has 1 saturated heterocycles. The number of ether oxygens (including phenoxy) is 1. The highest BCUT2D eigenvalue weighted by atomic mass is 32.2. The van der Waals surface area contributed by atoms with Crippen LogP contribution in [-0.2, 0) is 10.0 Å². The van der Waals surface area contributed by atoms with Gasteiger partial charge in [0.25, 0.3) is 0 Å². The second kappa shape index (κ2) is 8.19. The Morgan fingerprint density at radius 2 is 1.64 bits per heavy atom. The molecule has 3 rings (SSSR count). The lowest BCUT2D eigenvalue weighted by Crippen LogP contribution is -2.31. The third kappa shape index (κ3) is 4.28. The SMILES string of the molecule is O=[N+]([O-])c1cc(S(=O)(=O)N2CCCCCC2)ccc1Oc1ccc(F)c(F)c1. The molecule has 0 bridgehead atoms. The summed E-state index contributed by atoms with van der Waals surface area (Å²) in [6, 6.07) is 5.97. The molecule has 1 aliphatic rings. The van der Waals surface area contributed by atoms with Crippen LogP contribution in [0.1, 0.15) is 25.7 Å². The number of sulfonamides is 1. The maximum atomic E-state index is 13.3. The highest BCUT2D eigenvalue weighted by Crippen LogP contribution is 2.34. The fraction of sp³-hybridized carbons (Fsp3) is 0.333. The molecule has 2 aromatic rings. The molecule has 1 fully saturated rings. The standard InChI is InChI=1S/C18H18F2N2O5S/c19-15-7-5-13(11-16(15)20)27-18-8-6-14(12-17(18)22(23)24)28(25,26)21-9-3-1-2-4-10-21/h5-8,11-12H,1-4,9-10H2. The second-order valence-corrected chi connectivity index (χ2v) is 8.32. The van der Waals surface area contributed by atoms with Gasteiger partial charge in [0.05, 0.1) is 9.82 Å². The van der Waals surface area contributed by atoms with E-state index in [0.29, 0.717) is 13.1 Å². The van der Waals surface area contributed by atoms with Crippen molar-refractivity contribution in [2.45, 2.75) is 30.6 Å². The van der Waals surface area contributed by atoms with Crippen molar-refractivity contribution >= 4 is 15.7 Å². The first-order chi connectivity index (χ1) is 13.3. The fourth-order valence-electron chi connectivity index (χ4n) is 2.99. The van der Waals surface area contributed by atoms with Crippen LogP contribution in [0.2, 0.25) is 0 Å². The molecule has 1 heterocycles. The first-order valence-electron chi connectivity index (χ1n) is 8.70. The van der Waals surface area contributed by atoms with Crippen molar-refractivity contribution in [2.24, 2.45) is 0 Å². The Balaban J connectivity index is 1.94. The smallest absolute Gasteiger partial charge is 0.312 e. The zero-order valence-corrected chi connectivity index (χ0v) is 15.6. The number of rotatable bonds is 5. The molecule has 10 heteroatoms. The molecule has 7 nitrogen and oxygen atoms in total. The zero-order chi connectivity index (χ0) is 20.3. The summed E-state index contributed by atoms with van der Waals surface area (Å²) in [5.74, 6) is -2.67. The molecular formula is C18H18F2N2O5S. The van der Waals surface area contributed by atoms with Gasteiger partial charge in [0.15, 0.2) is 11.6 Å². The van der Waals surface area contributed by atoms with E-state index in [1.54, 1.807) is 0 Å². The van der Waals surface area contributed by atoms with Crippen LogP contribution in [0.5, 0.6) is 11.5 Å². The van der Waals surface area contributed by atoms with Crippen molar-refractivity contribution < 1.29 is 26.9 Å². The minimum Gasteiger partial charge on any atom is -0.450 e. The molecule has 0 atom stereocenters. The molecular weight excluding hydrogens is 394 g/mol. The van der Waals surface area contributed by atoms with Gasteiger partial charge in [-0.05, 0) is 37.1 Å². The number of halogens is 2. The maximum Gasteiger partial charge on any atom is 0.312 e. The molecule has 28 heavy (non-hydrogen) atoms. The van der Waals surface area contributed by atoms with E-state index in [0.717, 1.165) is 56.0 Å². The normalized spacial score (nSPS) is 15.8. The molecule has 2 aromatic carbocycles. The van der Waals surface area contributed by atoms with Gasteiger partial charge in [-0.1, -0.05) is 12.8 Å². The monoisotopic (exact) mass is 412 g/mol. The molecule has 0 amide bonds. The Kier molecular flexibility index (Phi) is 5.90. The highest BCUT2D eigenvalue weighted by molar-refractivity contribution is 7.89. The summed E-state index contributed by atoms with van der Waals surface area (Å²) < 4.78 is 58.6. The molecule has 0 aromatic heterocycles. The Morgan fingerprint density at radius 1 is 0.964 bits per heavy atom. The van der Waals surface area contributed by atoms with Crippen LogP contribution in [0.4, 0.5) is 14.5 Å². The van der Waals surface area contributed by atoms with E-state index < -0.39 is 32.3 Å². The van der Waals surface area contributed by atoms with Gasteiger partial charge in [0.2, 0.25) is 15.8 Å². The second-order valence-electron chi connectivity index (χ2n) is 6.38. The first kappa shape index (κ1) is 20.2. The Morgan fingerprint density at radius 3 is 2.25 bits per heavy atom. The third-order valence-corrected chi connectivity index (χ3v) is 6.34. The van der Waals surface area contributed by atoms with Crippen LogP contribution in [0.25, 0.3) is 0 Å². The molecule has 0 radical (unpaired) electrons. The fourth-order valence-corrected chi connectivity index (χ4v) is 4.52. The molecule has 0 spiro atoms. The zero-order valence-electron chi connectivity index (χ0n) is 14.8. The summed E-state index contributed by atoms with van der Waals surface area (Å²) in [6.07, 6.45) is 3.34. The van der Waals surface area contributed by atoms with Crippen LogP contribution in [0.15, 0.2) is 41.3 Å². The number of nitrogens with zero attached hydrogens (tertiary/aromatic N) is 2. The molecule has 0 N–H and O–H groups in total. The predicted octanol–water partition coefficient (Wildman–Crippen LogP) is 4.23. The lowest BCUT2D eigenvalue weighted by Gasteiger charge is -2.20. The topological polar surface area (TPSA) is 89.8 Å². The number of hydrogen-bond acceptors (Lipinski definition) is 5. The van der Waals surface area contributed by atoms with Crippen LogP contribution in [0, 0.1) is 21.7 Å². The van der Waals surface area contributed by atoms with Crippen molar-refractivity contribution in [1.82, 2.24) is 4.31 Å². The maximum absolute atomic E-state index is 13.3. The highest BCUT2D eigenvalue weighted by Gasteiger charge is 2.28. The largest absolute Gasteiger partial charge is 0.450 e. The third-order valence-electron chi connectivity index (χ3n) is 4.45. The number of nitro benzene ring substituents is 1. The van der Waals surface area contributed by atoms with E-state index in [2.05, 4.69) is 0 Å². The van der Waals surface area contributed by atoms with Gasteiger partial charge < -0.3 is 4.74 Å². The van der Waals surface area contributed by atoms with Gasteiger partial charge in [-0.3, -0.25) is 10.1 Å². The summed E-state index contributed by atoms with van der Waals surface area (Å²) >= 11 is 0. The average molecular weight is 412 g/mol. The minimum absolute atomic E-state index is 0.148. The van der Waals surface area contributed by atoms with E-state index in [1.165, 1.54) is 10.4 Å². The van der Waals surface area contributed by atoms with Crippen molar-refractivity contribution in [2.75, 3.05) is 13.1 Å². The van der Waals surface area contributed by atoms with Crippen molar-refractivity contribution in [3.63, 3.8) is 0 Å². The lowest BCUT2D eigenvalue weighted by molar-refractivity contribution is -0.385. The predicted molar refractivity (Wildman–Crippen MR) is 96.8 cm³/mol. The van der Waals surface area contributed by atoms with Crippen LogP contribution in [0.3, 0.4) is 0 Å². The van der Waals surface area contributed by atoms with Gasteiger partial charge in [0.1, 0.15) is 5.75 Å². The minimum atomic E-state index is -3.88. The molecule has 0 aliphatic carbocycles. The van der Waals surface area contributed by atoms with Crippen LogP contribution >= 0.6 is 0 Å². The van der Waals surface area contributed by atoms with E-state index in [1.807, 2.05) is 0 Å². The average Bonchev–Trinajstić information content (AvgIpc) is 2.95. The van der Waals surface area contributed by atoms with Gasteiger partial charge in [-0.2, -0.15) is 4.31 Å². The van der Waals surface area contributed by atoms with Gasteiger partial charge in [0, 0.05) is 25.2 Å². The summed E-state index contributed by atoms with van der Waals surface area (Å²) in [5, 5.41) is 11.4. The Hall–Kier alpha value is -2.59. The van der Waals surface area contributed by atoms with E-state index in [9.17, 15) is 27.3 Å². The quantitative estimate of drug-likeness (QED) is 0.542. The molecule has 1 aliphatic heterocycles. The summed E-state index contributed by atoms with van der Waals surface area (Å²) in [7, 11) is -3.88. The van der Waals surface area contributed by atoms with Gasteiger partial charge in [-0.25, -0.2) is 17.2 Å². The number of benzene rings is 2. The Labute approximate surface area is 160 Å². The lowest BCUT2D eigenvalue weighted by atomic mass is 10.2.